The predicted octanol–water partition coefficient (Wildman–Crippen LogP) is 2.17. The maximum atomic E-state index is 10.2. The van der Waals surface area contributed by atoms with Gasteiger partial charge in [-0.15, -0.1) is 0 Å². The molecule has 0 unspecified atom stereocenters. The number of carboxylic acids is 1. The van der Waals surface area contributed by atoms with E-state index in [4.69, 9.17) is 0 Å². The van der Waals surface area contributed by atoms with Crippen LogP contribution in [0.2, 0.25) is 0 Å². The molecule has 0 aromatic carbocycles. The van der Waals surface area contributed by atoms with Gasteiger partial charge in [-0.25, -0.2) is 8.42 Å². The van der Waals surface area contributed by atoms with Crippen molar-refractivity contribution in [3.05, 3.63) is 12.2 Å². The predicted molar refractivity (Wildman–Crippen MR) is 152 cm³/mol. The fourth-order valence-corrected chi connectivity index (χ4v) is 4.41. The zero-order valence-corrected chi connectivity index (χ0v) is 31.0. The molecule has 222 valence electrons. The Kier molecular flexibility index (Phi) is 47.1. The van der Waals surface area contributed by atoms with Crippen molar-refractivity contribution in [2.75, 3.05) is 6.61 Å². The first-order valence-corrected chi connectivity index (χ1v) is 16.6. The van der Waals surface area contributed by atoms with Crippen molar-refractivity contribution in [2.24, 2.45) is 0 Å². The van der Waals surface area contributed by atoms with Gasteiger partial charge in [0.05, 0.1) is 6.61 Å². The monoisotopic (exact) mass is 592 g/mol. The maximum absolute atomic E-state index is 10.2. The second kappa shape index (κ2) is 39.1. The van der Waals surface area contributed by atoms with Gasteiger partial charge in [-0.2, -0.15) is 0 Å². The molecule has 0 fully saturated rings. The van der Waals surface area contributed by atoms with Gasteiger partial charge < -0.3 is 14.5 Å². The summed E-state index contributed by atoms with van der Waals surface area (Å²) >= 11 is 0. The van der Waals surface area contributed by atoms with E-state index in [9.17, 15) is 22.9 Å². The van der Waals surface area contributed by atoms with E-state index in [0.29, 0.717) is 6.42 Å². The van der Waals surface area contributed by atoms with Crippen LogP contribution in [0.1, 0.15) is 168 Å². The molecule has 0 spiro atoms. The summed E-state index contributed by atoms with van der Waals surface area (Å²) in [5, 5.41) is 10.2. The summed E-state index contributed by atoms with van der Waals surface area (Å²) in [6.07, 6.45) is 32.6. The topological polar surface area (TPSA) is 107 Å². The minimum Gasteiger partial charge on any atom is -0.726 e. The molecule has 0 rings (SSSR count). The first-order valence-electron chi connectivity index (χ1n) is 15.3. The number of hydrogen-bond donors (Lipinski definition) is 0. The summed E-state index contributed by atoms with van der Waals surface area (Å²) in [6.45, 7) is 4.50. The molecule has 0 saturated heterocycles. The first kappa shape index (κ1) is 47.0. The van der Waals surface area contributed by atoms with Crippen LogP contribution >= 0.6 is 0 Å². The zero-order valence-electron chi connectivity index (χ0n) is 26.2. The molecule has 39 heavy (non-hydrogen) atoms. The molecular formula is C30H58Na2O6S. The molecule has 0 heterocycles. The quantitative estimate of drug-likeness (QED) is 0.0476. The third-order valence-electron chi connectivity index (χ3n) is 6.37. The van der Waals surface area contributed by atoms with Gasteiger partial charge in [0.25, 0.3) is 0 Å². The van der Waals surface area contributed by atoms with Crippen LogP contribution in [0.3, 0.4) is 0 Å². The van der Waals surface area contributed by atoms with Crippen molar-refractivity contribution in [2.45, 2.75) is 168 Å². The van der Waals surface area contributed by atoms with Gasteiger partial charge in [0.15, 0.2) is 0 Å². The van der Waals surface area contributed by atoms with Gasteiger partial charge in [-0.05, 0) is 44.9 Å². The molecule has 6 nitrogen and oxygen atoms in total. The number of aliphatic carboxylic acids is 1. The number of rotatable bonds is 27. The van der Waals surface area contributed by atoms with Crippen LogP contribution in [0.25, 0.3) is 0 Å². The van der Waals surface area contributed by atoms with E-state index in [1.165, 1.54) is 109 Å². The van der Waals surface area contributed by atoms with Gasteiger partial charge in [0, 0.05) is 5.97 Å². The molecule has 0 radical (unpaired) electrons. The Morgan fingerprint density at radius 1 is 0.590 bits per heavy atom. The standard InChI is InChI=1S/C18H34O2.C12H26O4S.2Na/c1-2-3-4-5-6-7-8-9-10-11-12-13-14-15-16-17-18(19)20;1-2-3-4-5-6-7-8-9-10-11-12-16-17(13,14)15;;/h9-10H,2-8,11-17H2,1H3,(H,19,20);2-12H2,1H3,(H,13,14,15);;/q;;2*+1/p-2/b10-9-;;;. The smallest absolute Gasteiger partial charge is 0.726 e. The van der Waals surface area contributed by atoms with Crippen LogP contribution < -0.4 is 64.2 Å². The first-order chi connectivity index (χ1) is 17.8. The van der Waals surface area contributed by atoms with E-state index in [0.717, 1.165) is 32.1 Å². The van der Waals surface area contributed by atoms with Gasteiger partial charge in [-0.1, -0.05) is 135 Å². The van der Waals surface area contributed by atoms with Crippen molar-refractivity contribution < 1.29 is 86.2 Å². The summed E-state index contributed by atoms with van der Waals surface area (Å²) in [4.78, 5) is 10.2. The Morgan fingerprint density at radius 2 is 0.923 bits per heavy atom. The van der Waals surface area contributed by atoms with Crippen molar-refractivity contribution in [1.29, 1.82) is 0 Å². The van der Waals surface area contributed by atoms with Crippen LogP contribution in [-0.2, 0) is 19.4 Å². The third kappa shape index (κ3) is 52.2. The summed E-state index contributed by atoms with van der Waals surface area (Å²) in [7, 11) is -4.48. The molecule has 0 saturated carbocycles. The minimum atomic E-state index is -4.48. The van der Waals surface area contributed by atoms with Crippen LogP contribution in [0.5, 0.6) is 0 Å². The summed E-state index contributed by atoms with van der Waals surface area (Å²) < 4.78 is 34.5. The van der Waals surface area contributed by atoms with E-state index in [1.807, 2.05) is 0 Å². The maximum Gasteiger partial charge on any atom is 1.00 e. The average Bonchev–Trinajstić information content (AvgIpc) is 2.84. The molecule has 0 aromatic rings. The fourth-order valence-electron chi connectivity index (χ4n) is 4.09. The van der Waals surface area contributed by atoms with E-state index in [1.54, 1.807) is 0 Å². The van der Waals surface area contributed by atoms with Gasteiger partial charge in [0.1, 0.15) is 0 Å². The normalized spacial score (nSPS) is 10.9. The number of hydrogen-bond acceptors (Lipinski definition) is 6. The molecule has 0 amide bonds. The number of unbranched alkanes of at least 4 members (excludes halogenated alkanes) is 20. The van der Waals surface area contributed by atoms with Crippen LogP contribution in [0.15, 0.2) is 12.2 Å². The summed E-state index contributed by atoms with van der Waals surface area (Å²) in [5.74, 6) is -0.914. The second-order valence-electron chi connectivity index (χ2n) is 10.1. The van der Waals surface area contributed by atoms with E-state index >= 15 is 0 Å². The number of allylic oxidation sites excluding steroid dienone is 2. The third-order valence-corrected chi connectivity index (χ3v) is 6.82. The second-order valence-corrected chi connectivity index (χ2v) is 11.2. The molecule has 0 atom stereocenters. The fraction of sp³-hybridized carbons (Fsp3) is 0.900. The number of carbonyl (C=O) groups is 1. The van der Waals surface area contributed by atoms with Gasteiger partial charge >= 0.3 is 59.1 Å². The van der Waals surface area contributed by atoms with Gasteiger partial charge in [0.2, 0.25) is 10.4 Å². The van der Waals surface area contributed by atoms with E-state index < -0.39 is 16.4 Å². The van der Waals surface area contributed by atoms with E-state index in [-0.39, 0.29) is 72.1 Å². The molecule has 0 aliphatic carbocycles. The summed E-state index contributed by atoms with van der Waals surface area (Å²) in [6, 6.07) is 0. The van der Waals surface area contributed by atoms with Crippen molar-refractivity contribution in [3.63, 3.8) is 0 Å². The average molecular weight is 593 g/mol. The SMILES string of the molecule is CCCCCCCC/C=C\CCCCCCCC(=O)[O-].CCCCCCCCCCCCOS(=O)(=O)[O-].[Na+].[Na+]. The molecule has 9 heteroatoms. The largest absolute Gasteiger partial charge is 1.00 e. The van der Waals surface area contributed by atoms with Crippen molar-refractivity contribution in [1.82, 2.24) is 0 Å². The Bertz CT molecular complexity index is 600. The molecule has 0 N–H and O–H groups in total. The Balaban J connectivity index is -0.000000302. The molecule has 0 bridgehead atoms. The number of carboxylic acid groups (broad SMARTS) is 1. The zero-order chi connectivity index (χ0) is 27.9. The molecular weight excluding hydrogens is 534 g/mol. The Labute approximate surface area is 286 Å². The van der Waals surface area contributed by atoms with Crippen LogP contribution in [0.4, 0.5) is 0 Å². The Hall–Kier alpha value is 1.08. The molecule has 0 aliphatic rings. The van der Waals surface area contributed by atoms with Crippen LogP contribution in [0, 0.1) is 0 Å². The van der Waals surface area contributed by atoms with Crippen molar-refractivity contribution >= 4 is 16.4 Å². The minimum absolute atomic E-state index is 0. The van der Waals surface area contributed by atoms with E-state index in [2.05, 4.69) is 30.2 Å². The molecule has 0 aliphatic heterocycles. The Morgan fingerprint density at radius 3 is 1.28 bits per heavy atom. The number of carbonyl (C=O) groups excluding carboxylic acids is 1. The van der Waals surface area contributed by atoms with Crippen molar-refractivity contribution in [3.8, 4) is 0 Å². The summed E-state index contributed by atoms with van der Waals surface area (Å²) in [5.41, 5.74) is 0. The van der Waals surface area contributed by atoms with Gasteiger partial charge in [-0.3, -0.25) is 4.18 Å². The molecule has 0 aromatic heterocycles. The van der Waals surface area contributed by atoms with Crippen LogP contribution in [-0.4, -0.2) is 25.5 Å².